The van der Waals surface area contributed by atoms with Gasteiger partial charge in [0, 0.05) is 22.2 Å². The third-order valence-electron chi connectivity index (χ3n) is 2.97. The van der Waals surface area contributed by atoms with E-state index in [9.17, 15) is 0 Å². The predicted octanol–water partition coefficient (Wildman–Crippen LogP) is 3.08. The van der Waals surface area contributed by atoms with E-state index in [1.165, 1.54) is 16.6 Å². The molecule has 3 aromatic rings. The van der Waals surface area contributed by atoms with Crippen molar-refractivity contribution in [1.82, 2.24) is 20.4 Å². The Morgan fingerprint density at radius 2 is 2.06 bits per heavy atom. The molecule has 2 aromatic heterocycles. The van der Waals surface area contributed by atoms with E-state index in [2.05, 4.69) is 58.5 Å². The lowest BCUT2D eigenvalue weighted by Gasteiger charge is -1.97. The van der Waals surface area contributed by atoms with Gasteiger partial charge in [-0.2, -0.15) is 15.4 Å². The second-order valence-corrected chi connectivity index (χ2v) is 4.54. The Kier molecular flexibility index (Phi) is 2.21. The number of benzene rings is 1. The molecule has 0 amide bonds. The van der Waals surface area contributed by atoms with Crippen molar-refractivity contribution < 1.29 is 0 Å². The summed E-state index contributed by atoms with van der Waals surface area (Å²) in [7, 11) is 0. The summed E-state index contributed by atoms with van der Waals surface area (Å²) >= 11 is 0. The van der Waals surface area contributed by atoms with Crippen molar-refractivity contribution in [3.8, 4) is 11.3 Å². The Hall–Kier alpha value is -2.10. The summed E-state index contributed by atoms with van der Waals surface area (Å²) in [6.07, 6.45) is 1.73. The maximum absolute atomic E-state index is 4.09. The topological polar surface area (TPSA) is 57.4 Å². The molecule has 0 saturated heterocycles. The summed E-state index contributed by atoms with van der Waals surface area (Å²) in [6.45, 7) is 4.37. The van der Waals surface area contributed by atoms with E-state index in [0.717, 1.165) is 11.3 Å². The van der Waals surface area contributed by atoms with Gasteiger partial charge in [-0.25, -0.2) is 0 Å². The van der Waals surface area contributed by atoms with Crippen molar-refractivity contribution in [3.05, 3.63) is 36.2 Å². The first-order chi connectivity index (χ1) is 8.24. The number of hydrogen-bond donors (Lipinski definition) is 2. The first-order valence-corrected chi connectivity index (χ1v) is 5.73. The minimum atomic E-state index is 0.512. The summed E-state index contributed by atoms with van der Waals surface area (Å²) in [5.41, 5.74) is 4.39. The van der Waals surface area contributed by atoms with E-state index < -0.39 is 0 Å². The van der Waals surface area contributed by atoms with Gasteiger partial charge in [0.15, 0.2) is 0 Å². The van der Waals surface area contributed by atoms with Gasteiger partial charge >= 0.3 is 0 Å². The summed E-state index contributed by atoms with van der Waals surface area (Å²) in [4.78, 5) is 3.42. The van der Waals surface area contributed by atoms with Crippen LogP contribution in [0.3, 0.4) is 0 Å². The summed E-state index contributed by atoms with van der Waals surface area (Å²) in [6, 6.07) is 8.48. The van der Waals surface area contributed by atoms with Gasteiger partial charge in [0.2, 0.25) is 0 Å². The molecule has 0 atom stereocenters. The van der Waals surface area contributed by atoms with E-state index in [-0.39, 0.29) is 0 Å². The van der Waals surface area contributed by atoms with Crippen LogP contribution in [0.15, 0.2) is 30.5 Å². The van der Waals surface area contributed by atoms with Gasteiger partial charge in [0.1, 0.15) is 5.69 Å². The van der Waals surface area contributed by atoms with E-state index >= 15 is 0 Å². The summed E-state index contributed by atoms with van der Waals surface area (Å²) < 4.78 is 0. The number of rotatable bonds is 2. The van der Waals surface area contributed by atoms with Gasteiger partial charge in [-0.1, -0.05) is 19.9 Å². The molecule has 0 fully saturated rings. The number of hydrogen-bond acceptors (Lipinski definition) is 2. The molecular formula is C13H14N4. The Bertz CT molecular complexity index is 635. The van der Waals surface area contributed by atoms with Crippen molar-refractivity contribution >= 4 is 10.9 Å². The number of nitrogens with zero attached hydrogens (tertiary/aromatic N) is 2. The van der Waals surface area contributed by atoms with Gasteiger partial charge in [0.25, 0.3) is 0 Å². The van der Waals surface area contributed by atoms with Crippen LogP contribution in [0.4, 0.5) is 0 Å². The molecule has 0 spiro atoms. The van der Waals surface area contributed by atoms with Crippen LogP contribution in [-0.4, -0.2) is 20.4 Å². The molecule has 3 rings (SSSR count). The molecule has 0 bridgehead atoms. The lowest BCUT2D eigenvalue weighted by molar-refractivity contribution is 0.836. The Balaban J connectivity index is 2.13. The lowest BCUT2D eigenvalue weighted by Crippen LogP contribution is -1.84. The van der Waals surface area contributed by atoms with Gasteiger partial charge in [-0.05, 0) is 24.1 Å². The van der Waals surface area contributed by atoms with Crippen LogP contribution in [0.1, 0.15) is 25.5 Å². The maximum Gasteiger partial charge on any atom is 0.112 e. The van der Waals surface area contributed by atoms with E-state index in [1.54, 1.807) is 6.20 Å². The molecule has 0 aliphatic heterocycles. The molecule has 0 aliphatic carbocycles. The van der Waals surface area contributed by atoms with Crippen LogP contribution < -0.4 is 0 Å². The number of fused-ring (bicyclic) bond motifs is 1. The zero-order valence-electron chi connectivity index (χ0n) is 9.86. The van der Waals surface area contributed by atoms with Crippen molar-refractivity contribution in [3.63, 3.8) is 0 Å². The monoisotopic (exact) mass is 226 g/mol. The van der Waals surface area contributed by atoms with Crippen molar-refractivity contribution in [1.29, 1.82) is 0 Å². The molecule has 0 unspecified atom stereocenters. The van der Waals surface area contributed by atoms with E-state index in [1.807, 2.05) is 0 Å². The zero-order valence-corrected chi connectivity index (χ0v) is 9.86. The average Bonchev–Trinajstić information content (AvgIpc) is 2.97. The third-order valence-corrected chi connectivity index (χ3v) is 2.97. The van der Waals surface area contributed by atoms with Gasteiger partial charge < -0.3 is 4.98 Å². The normalized spacial score (nSPS) is 11.5. The minimum Gasteiger partial charge on any atom is -0.358 e. The van der Waals surface area contributed by atoms with Crippen LogP contribution in [0.5, 0.6) is 0 Å². The molecule has 4 heteroatoms. The minimum absolute atomic E-state index is 0.512. The average molecular weight is 226 g/mol. The fraction of sp³-hybridized carbons (Fsp3) is 0.231. The molecule has 2 heterocycles. The summed E-state index contributed by atoms with van der Waals surface area (Å²) in [5, 5.41) is 11.8. The first kappa shape index (κ1) is 10.1. The Morgan fingerprint density at radius 3 is 2.76 bits per heavy atom. The predicted molar refractivity (Wildman–Crippen MR) is 67.8 cm³/mol. The fourth-order valence-electron chi connectivity index (χ4n) is 1.97. The fourth-order valence-corrected chi connectivity index (χ4v) is 1.97. The van der Waals surface area contributed by atoms with E-state index in [0.29, 0.717) is 5.92 Å². The molecule has 2 N–H and O–H groups in total. The molecule has 86 valence electrons. The van der Waals surface area contributed by atoms with E-state index in [4.69, 9.17) is 0 Å². The smallest absolute Gasteiger partial charge is 0.112 e. The number of aromatic amines is 2. The second kappa shape index (κ2) is 3.73. The van der Waals surface area contributed by atoms with Gasteiger partial charge in [0.05, 0.1) is 6.20 Å². The van der Waals surface area contributed by atoms with Gasteiger partial charge in [-0.15, -0.1) is 0 Å². The number of aromatic nitrogens is 4. The Labute approximate surface area is 99.1 Å². The molecule has 4 nitrogen and oxygen atoms in total. The van der Waals surface area contributed by atoms with Crippen LogP contribution in [0.2, 0.25) is 0 Å². The van der Waals surface area contributed by atoms with Crippen LogP contribution in [0.25, 0.3) is 22.2 Å². The van der Waals surface area contributed by atoms with Crippen LogP contribution in [0, 0.1) is 0 Å². The standard InChI is InChI=1S/C13H14N4/c1-8(2)12-6-10-5-9(3-4-11(10)15-12)13-7-14-17-16-13/h3-8,15H,1-2H3,(H,14,16,17). The molecule has 0 aliphatic rings. The molecule has 0 radical (unpaired) electrons. The van der Waals surface area contributed by atoms with Gasteiger partial charge in [-0.3, -0.25) is 0 Å². The maximum atomic E-state index is 4.09. The highest BCUT2D eigenvalue weighted by atomic mass is 15.3. The Morgan fingerprint density at radius 1 is 1.18 bits per heavy atom. The SMILES string of the molecule is CC(C)c1cc2cc(-c3cn[nH]n3)ccc2[nH]1. The van der Waals surface area contributed by atoms with Crippen molar-refractivity contribution in [2.45, 2.75) is 19.8 Å². The van der Waals surface area contributed by atoms with Crippen molar-refractivity contribution in [2.75, 3.05) is 0 Å². The lowest BCUT2D eigenvalue weighted by atomic mass is 10.1. The van der Waals surface area contributed by atoms with Crippen LogP contribution >= 0.6 is 0 Å². The quantitative estimate of drug-likeness (QED) is 0.705. The summed E-state index contributed by atoms with van der Waals surface area (Å²) in [5.74, 6) is 0.512. The molecular weight excluding hydrogens is 212 g/mol. The highest BCUT2D eigenvalue weighted by Crippen LogP contribution is 2.25. The highest BCUT2D eigenvalue weighted by Gasteiger charge is 2.06. The zero-order chi connectivity index (χ0) is 11.8. The number of H-pyrrole nitrogens is 2. The largest absolute Gasteiger partial charge is 0.358 e. The number of nitrogens with one attached hydrogen (secondary N) is 2. The molecule has 1 aromatic carbocycles. The molecule has 0 saturated carbocycles. The first-order valence-electron chi connectivity index (χ1n) is 5.73. The molecule has 17 heavy (non-hydrogen) atoms. The second-order valence-electron chi connectivity index (χ2n) is 4.54. The van der Waals surface area contributed by atoms with Crippen LogP contribution in [-0.2, 0) is 0 Å². The highest BCUT2D eigenvalue weighted by molar-refractivity contribution is 5.85. The van der Waals surface area contributed by atoms with Crippen molar-refractivity contribution in [2.24, 2.45) is 0 Å². The third kappa shape index (κ3) is 1.71.